The first kappa shape index (κ1) is 17.4. The maximum absolute atomic E-state index is 12.1. The van der Waals surface area contributed by atoms with Gasteiger partial charge in [-0.15, -0.1) is 0 Å². The molecule has 0 spiro atoms. The summed E-state index contributed by atoms with van der Waals surface area (Å²) in [6.07, 6.45) is 2.78. The fraction of sp³-hybridized carbons (Fsp3) is 0.500. The van der Waals surface area contributed by atoms with Gasteiger partial charge in [0.1, 0.15) is 0 Å². The van der Waals surface area contributed by atoms with Crippen LogP contribution in [0, 0.1) is 0 Å². The fourth-order valence-corrected chi connectivity index (χ4v) is 3.11. The summed E-state index contributed by atoms with van der Waals surface area (Å²) in [6, 6.07) is 7.57. The summed E-state index contributed by atoms with van der Waals surface area (Å²) in [5.74, 6) is 0.608. The van der Waals surface area contributed by atoms with E-state index in [9.17, 15) is 9.59 Å². The van der Waals surface area contributed by atoms with Crippen LogP contribution in [0.2, 0.25) is 0 Å². The summed E-state index contributed by atoms with van der Waals surface area (Å²) >= 11 is 0. The largest absolute Gasteiger partial charge is 0.355 e. The topological polar surface area (TPSA) is 90.1 Å². The third-order valence-corrected chi connectivity index (χ3v) is 4.48. The molecule has 1 amide bonds. The Morgan fingerprint density at radius 2 is 2.08 bits per heavy atom. The Hall–Kier alpha value is -2.41. The van der Waals surface area contributed by atoms with E-state index < -0.39 is 0 Å². The zero-order valence-corrected chi connectivity index (χ0v) is 14.5. The van der Waals surface area contributed by atoms with Crippen molar-refractivity contribution in [1.82, 2.24) is 20.2 Å². The molecule has 0 saturated carbocycles. The van der Waals surface area contributed by atoms with Crippen LogP contribution in [0.5, 0.6) is 0 Å². The average molecular weight is 343 g/mol. The Kier molecular flexibility index (Phi) is 5.65. The Bertz CT molecular complexity index is 780. The molecule has 0 atom stereocenters. The lowest BCUT2D eigenvalue weighted by molar-refractivity contribution is -0.122. The SMILES string of the molecule is CCCNC(=O)CN1CCC(Nc2nc3ccccc3c(=O)[nH]2)CC1. The highest BCUT2D eigenvalue weighted by Gasteiger charge is 2.21. The van der Waals surface area contributed by atoms with Crippen molar-refractivity contribution in [3.8, 4) is 0 Å². The molecular formula is C18H25N5O2. The van der Waals surface area contributed by atoms with E-state index in [4.69, 9.17) is 0 Å². The smallest absolute Gasteiger partial charge is 0.260 e. The van der Waals surface area contributed by atoms with Crippen molar-refractivity contribution in [3.05, 3.63) is 34.6 Å². The number of nitrogens with one attached hydrogen (secondary N) is 3. The number of benzene rings is 1. The molecular weight excluding hydrogens is 318 g/mol. The number of rotatable bonds is 6. The van der Waals surface area contributed by atoms with Crippen LogP contribution in [-0.2, 0) is 4.79 Å². The third kappa shape index (κ3) is 4.57. The highest BCUT2D eigenvalue weighted by Crippen LogP contribution is 2.15. The Balaban J connectivity index is 1.54. The lowest BCUT2D eigenvalue weighted by atomic mass is 10.1. The molecule has 7 heteroatoms. The van der Waals surface area contributed by atoms with Crippen LogP contribution in [0.4, 0.5) is 5.95 Å². The summed E-state index contributed by atoms with van der Waals surface area (Å²) in [5.41, 5.74) is 0.567. The summed E-state index contributed by atoms with van der Waals surface area (Å²) in [5, 5.41) is 6.83. The number of nitrogens with zero attached hydrogens (tertiary/aromatic N) is 2. The van der Waals surface area contributed by atoms with Crippen LogP contribution in [0.25, 0.3) is 10.9 Å². The van der Waals surface area contributed by atoms with Crippen molar-refractivity contribution in [2.45, 2.75) is 32.2 Å². The lowest BCUT2D eigenvalue weighted by Gasteiger charge is -2.31. The Labute approximate surface area is 146 Å². The number of H-pyrrole nitrogens is 1. The van der Waals surface area contributed by atoms with Gasteiger partial charge < -0.3 is 10.6 Å². The van der Waals surface area contributed by atoms with Gasteiger partial charge in [0.05, 0.1) is 17.4 Å². The Morgan fingerprint density at radius 1 is 1.32 bits per heavy atom. The second-order valence-corrected chi connectivity index (χ2v) is 6.48. The first-order chi connectivity index (χ1) is 12.2. The number of aromatic amines is 1. The van der Waals surface area contributed by atoms with Gasteiger partial charge in [0.15, 0.2) is 0 Å². The molecule has 1 aromatic heterocycles. The van der Waals surface area contributed by atoms with Crippen molar-refractivity contribution in [3.63, 3.8) is 0 Å². The first-order valence-corrected chi connectivity index (χ1v) is 8.90. The van der Waals surface area contributed by atoms with Crippen molar-refractivity contribution < 1.29 is 4.79 Å². The number of likely N-dealkylation sites (tertiary alicyclic amines) is 1. The molecule has 2 aromatic rings. The number of hydrogen-bond acceptors (Lipinski definition) is 5. The number of carbonyl (C=O) groups is 1. The molecule has 0 aliphatic carbocycles. The normalized spacial score (nSPS) is 16.0. The van der Waals surface area contributed by atoms with E-state index in [0.717, 1.165) is 38.9 Å². The summed E-state index contributed by atoms with van der Waals surface area (Å²) in [7, 11) is 0. The predicted octanol–water partition coefficient (Wildman–Crippen LogP) is 1.33. The van der Waals surface area contributed by atoms with Crippen LogP contribution < -0.4 is 16.2 Å². The minimum atomic E-state index is -0.127. The van der Waals surface area contributed by atoms with E-state index in [1.165, 1.54) is 0 Å². The molecule has 1 aliphatic rings. The number of piperidine rings is 1. The second kappa shape index (κ2) is 8.11. The van der Waals surface area contributed by atoms with Crippen molar-refractivity contribution in [1.29, 1.82) is 0 Å². The average Bonchev–Trinajstić information content (AvgIpc) is 2.62. The number of fused-ring (bicyclic) bond motifs is 1. The molecule has 3 rings (SSSR count). The van der Waals surface area contributed by atoms with E-state index in [1.54, 1.807) is 6.07 Å². The zero-order valence-electron chi connectivity index (χ0n) is 14.5. The van der Waals surface area contributed by atoms with Crippen molar-refractivity contribution in [2.24, 2.45) is 0 Å². The van der Waals surface area contributed by atoms with E-state index >= 15 is 0 Å². The molecule has 1 fully saturated rings. The van der Waals surface area contributed by atoms with Crippen LogP contribution in [0.1, 0.15) is 26.2 Å². The molecule has 0 radical (unpaired) electrons. The molecule has 25 heavy (non-hydrogen) atoms. The van der Waals surface area contributed by atoms with Crippen LogP contribution in [0.3, 0.4) is 0 Å². The zero-order chi connectivity index (χ0) is 17.6. The molecule has 7 nitrogen and oxygen atoms in total. The van der Waals surface area contributed by atoms with Gasteiger partial charge in [-0.05, 0) is 31.4 Å². The number of anilines is 1. The van der Waals surface area contributed by atoms with Gasteiger partial charge in [0.25, 0.3) is 5.56 Å². The van der Waals surface area contributed by atoms with Gasteiger partial charge in [-0.25, -0.2) is 4.98 Å². The number of para-hydroxylation sites is 1. The number of amides is 1. The second-order valence-electron chi connectivity index (χ2n) is 6.48. The first-order valence-electron chi connectivity index (χ1n) is 8.90. The standard InChI is InChI=1S/C18H25N5O2/c1-2-9-19-16(24)12-23-10-7-13(8-11-23)20-18-21-15-6-4-3-5-14(15)17(25)22-18/h3-6,13H,2,7-12H2,1H3,(H,19,24)(H2,20,21,22,25). The van der Waals surface area contributed by atoms with Crippen LogP contribution in [-0.4, -0.2) is 53.0 Å². The van der Waals surface area contributed by atoms with E-state index in [1.807, 2.05) is 25.1 Å². The van der Waals surface area contributed by atoms with Gasteiger partial charge in [0, 0.05) is 25.7 Å². The molecule has 2 heterocycles. The summed E-state index contributed by atoms with van der Waals surface area (Å²) < 4.78 is 0. The summed E-state index contributed by atoms with van der Waals surface area (Å²) in [4.78, 5) is 33.4. The lowest BCUT2D eigenvalue weighted by Crippen LogP contribution is -2.44. The fourth-order valence-electron chi connectivity index (χ4n) is 3.11. The third-order valence-electron chi connectivity index (χ3n) is 4.48. The highest BCUT2D eigenvalue weighted by molar-refractivity contribution is 5.78. The molecule has 1 saturated heterocycles. The summed E-state index contributed by atoms with van der Waals surface area (Å²) in [6.45, 7) is 4.95. The van der Waals surface area contributed by atoms with E-state index in [2.05, 4.69) is 25.5 Å². The molecule has 0 bridgehead atoms. The minimum Gasteiger partial charge on any atom is -0.355 e. The maximum atomic E-state index is 12.1. The van der Waals surface area contributed by atoms with Gasteiger partial charge in [-0.2, -0.15) is 0 Å². The van der Waals surface area contributed by atoms with E-state index in [-0.39, 0.29) is 17.5 Å². The maximum Gasteiger partial charge on any atom is 0.260 e. The minimum absolute atomic E-state index is 0.0915. The Morgan fingerprint density at radius 3 is 2.84 bits per heavy atom. The molecule has 0 unspecified atom stereocenters. The van der Waals surface area contributed by atoms with Crippen molar-refractivity contribution in [2.75, 3.05) is 31.5 Å². The molecule has 134 valence electrons. The number of aromatic nitrogens is 2. The van der Waals surface area contributed by atoms with Crippen LogP contribution in [0.15, 0.2) is 29.1 Å². The quantitative estimate of drug-likeness (QED) is 0.736. The predicted molar refractivity (Wildman–Crippen MR) is 98.7 cm³/mol. The number of hydrogen-bond donors (Lipinski definition) is 3. The van der Waals surface area contributed by atoms with Gasteiger partial charge in [-0.1, -0.05) is 19.1 Å². The van der Waals surface area contributed by atoms with Gasteiger partial charge in [-0.3, -0.25) is 19.5 Å². The molecule has 1 aromatic carbocycles. The van der Waals surface area contributed by atoms with E-state index in [0.29, 0.717) is 23.4 Å². The molecule has 3 N–H and O–H groups in total. The number of carbonyl (C=O) groups excluding carboxylic acids is 1. The monoisotopic (exact) mass is 343 g/mol. The van der Waals surface area contributed by atoms with Crippen molar-refractivity contribution >= 4 is 22.8 Å². The highest BCUT2D eigenvalue weighted by atomic mass is 16.2. The molecule has 1 aliphatic heterocycles. The van der Waals surface area contributed by atoms with Gasteiger partial charge >= 0.3 is 0 Å². The van der Waals surface area contributed by atoms with Gasteiger partial charge in [0.2, 0.25) is 11.9 Å². The van der Waals surface area contributed by atoms with Crippen LogP contribution >= 0.6 is 0 Å².